The first kappa shape index (κ1) is 7.35. The van der Waals surface area contributed by atoms with Gasteiger partial charge in [0.15, 0.2) is 0 Å². The van der Waals surface area contributed by atoms with Gasteiger partial charge in [0.1, 0.15) is 0 Å². The van der Waals surface area contributed by atoms with Crippen molar-refractivity contribution >= 4 is 11.8 Å². The Balaban J connectivity index is 1.98. The van der Waals surface area contributed by atoms with Crippen LogP contribution in [-0.4, -0.2) is 11.8 Å². The Hall–Kier alpha value is -1.06. The molecule has 2 bridgehead atoms. The average molecular weight is 180 g/mol. The first-order valence-corrected chi connectivity index (χ1v) is 4.87. The molecule has 3 aliphatic rings. The number of amides is 2. The molecule has 1 heterocycles. The maximum Gasteiger partial charge on any atom is 0.242 e. The van der Waals surface area contributed by atoms with Gasteiger partial charge in [0.05, 0.1) is 11.8 Å². The van der Waals surface area contributed by atoms with E-state index in [-0.39, 0.29) is 23.7 Å². The highest BCUT2D eigenvalue weighted by atomic mass is 16.2. The summed E-state index contributed by atoms with van der Waals surface area (Å²) in [7, 11) is 0. The summed E-state index contributed by atoms with van der Waals surface area (Å²) in [6.07, 6.45) is 3.34. The van der Waals surface area contributed by atoms with Crippen LogP contribution in [0.1, 0.15) is 19.3 Å². The highest BCUT2D eigenvalue weighted by Gasteiger charge is 2.55. The Kier molecular flexibility index (Phi) is 1.27. The second-order valence-corrected chi connectivity index (χ2v) is 4.36. The molecule has 4 atom stereocenters. The van der Waals surface area contributed by atoms with E-state index in [0.29, 0.717) is 11.8 Å². The zero-order valence-corrected chi connectivity index (χ0v) is 7.25. The van der Waals surface area contributed by atoms with Gasteiger partial charge in [0, 0.05) is 0 Å². The van der Waals surface area contributed by atoms with Gasteiger partial charge in [-0.15, -0.1) is 0 Å². The number of hydrogen-bond donors (Lipinski definition) is 2. The van der Waals surface area contributed by atoms with Crippen molar-refractivity contribution in [2.75, 3.05) is 0 Å². The minimum absolute atomic E-state index is 0.0208. The van der Waals surface area contributed by atoms with Crippen molar-refractivity contribution in [2.24, 2.45) is 23.7 Å². The smallest absolute Gasteiger partial charge is 0.242 e. The Morgan fingerprint density at radius 3 is 1.85 bits per heavy atom. The predicted molar refractivity (Wildman–Crippen MR) is 44.1 cm³/mol. The lowest BCUT2D eigenvalue weighted by atomic mass is 9.77. The molecule has 13 heavy (non-hydrogen) atoms. The molecule has 0 aromatic carbocycles. The highest BCUT2D eigenvalue weighted by Crippen LogP contribution is 2.52. The Morgan fingerprint density at radius 2 is 1.38 bits per heavy atom. The van der Waals surface area contributed by atoms with Crippen LogP contribution in [0.5, 0.6) is 0 Å². The molecule has 1 aliphatic heterocycles. The Bertz CT molecular complexity index is 261. The second kappa shape index (κ2) is 2.25. The monoisotopic (exact) mass is 180 g/mol. The number of hydrazine groups is 1. The van der Waals surface area contributed by atoms with Crippen LogP contribution in [0.15, 0.2) is 0 Å². The largest absolute Gasteiger partial charge is 0.273 e. The van der Waals surface area contributed by atoms with E-state index in [4.69, 9.17) is 0 Å². The van der Waals surface area contributed by atoms with Crippen LogP contribution in [0.3, 0.4) is 0 Å². The van der Waals surface area contributed by atoms with Gasteiger partial charge in [0.2, 0.25) is 11.8 Å². The van der Waals surface area contributed by atoms with E-state index in [1.165, 1.54) is 0 Å². The molecule has 0 spiro atoms. The first-order valence-electron chi connectivity index (χ1n) is 4.87. The minimum atomic E-state index is -0.0208. The SMILES string of the molecule is O=C1NNC(=O)C2C3CCC(C3)C12. The van der Waals surface area contributed by atoms with Crippen molar-refractivity contribution in [3.05, 3.63) is 0 Å². The molecule has 2 amide bonds. The molecule has 70 valence electrons. The number of rotatable bonds is 0. The van der Waals surface area contributed by atoms with Crippen LogP contribution in [-0.2, 0) is 9.59 Å². The Morgan fingerprint density at radius 1 is 0.923 bits per heavy atom. The zero-order chi connectivity index (χ0) is 9.00. The topological polar surface area (TPSA) is 58.2 Å². The minimum Gasteiger partial charge on any atom is -0.273 e. The lowest BCUT2D eigenvalue weighted by Crippen LogP contribution is -2.57. The van der Waals surface area contributed by atoms with Gasteiger partial charge in [-0.3, -0.25) is 20.4 Å². The predicted octanol–water partition coefficient (Wildman–Crippen LogP) is -0.190. The standard InChI is InChI=1S/C9H12N2O2/c12-8-6-4-1-2-5(3-4)7(6)9(13)11-10-8/h4-7H,1-3H2,(H,10,12)(H,11,13). The van der Waals surface area contributed by atoms with Crippen LogP contribution in [0.2, 0.25) is 0 Å². The van der Waals surface area contributed by atoms with Gasteiger partial charge >= 0.3 is 0 Å². The Labute approximate surface area is 76.0 Å². The third kappa shape index (κ3) is 0.806. The molecule has 0 radical (unpaired) electrons. The van der Waals surface area contributed by atoms with Crippen molar-refractivity contribution < 1.29 is 9.59 Å². The highest BCUT2D eigenvalue weighted by molar-refractivity contribution is 5.94. The molecule has 4 unspecified atom stereocenters. The van der Waals surface area contributed by atoms with Crippen molar-refractivity contribution in [1.82, 2.24) is 10.9 Å². The molecule has 3 rings (SSSR count). The van der Waals surface area contributed by atoms with E-state index >= 15 is 0 Å². The third-order valence-corrected chi connectivity index (χ3v) is 3.83. The molecule has 1 saturated heterocycles. The van der Waals surface area contributed by atoms with Crippen molar-refractivity contribution in [2.45, 2.75) is 19.3 Å². The summed E-state index contributed by atoms with van der Waals surface area (Å²) in [5.74, 6) is 0.954. The average Bonchev–Trinajstić information content (AvgIpc) is 2.70. The molecule has 0 aromatic rings. The zero-order valence-electron chi connectivity index (χ0n) is 7.25. The normalized spacial score (nSPS) is 47.1. The lowest BCUT2D eigenvalue weighted by Gasteiger charge is -2.33. The molecule has 4 nitrogen and oxygen atoms in total. The van der Waals surface area contributed by atoms with Gasteiger partial charge in [-0.1, -0.05) is 0 Å². The van der Waals surface area contributed by atoms with E-state index in [1.807, 2.05) is 0 Å². The van der Waals surface area contributed by atoms with Gasteiger partial charge < -0.3 is 0 Å². The van der Waals surface area contributed by atoms with Crippen LogP contribution in [0, 0.1) is 23.7 Å². The fraction of sp³-hybridized carbons (Fsp3) is 0.778. The first-order chi connectivity index (χ1) is 6.27. The summed E-state index contributed by atoms with van der Waals surface area (Å²) in [5, 5.41) is 0. The van der Waals surface area contributed by atoms with Gasteiger partial charge in [-0.05, 0) is 31.1 Å². The lowest BCUT2D eigenvalue weighted by molar-refractivity contribution is -0.145. The second-order valence-electron chi connectivity index (χ2n) is 4.36. The van der Waals surface area contributed by atoms with Crippen molar-refractivity contribution in [3.63, 3.8) is 0 Å². The summed E-state index contributed by atoms with van der Waals surface area (Å²) in [6.45, 7) is 0. The van der Waals surface area contributed by atoms with Crippen LogP contribution in [0.25, 0.3) is 0 Å². The number of carbonyl (C=O) groups is 2. The maximum absolute atomic E-state index is 11.5. The molecular formula is C9H12N2O2. The van der Waals surface area contributed by atoms with Gasteiger partial charge in [-0.25, -0.2) is 0 Å². The molecule has 2 N–H and O–H groups in total. The van der Waals surface area contributed by atoms with Crippen molar-refractivity contribution in [1.29, 1.82) is 0 Å². The summed E-state index contributed by atoms with van der Waals surface area (Å²) >= 11 is 0. The fourth-order valence-electron chi connectivity index (χ4n) is 3.34. The van der Waals surface area contributed by atoms with Crippen LogP contribution >= 0.6 is 0 Å². The molecular weight excluding hydrogens is 168 g/mol. The molecule has 4 heteroatoms. The molecule has 3 fully saturated rings. The van der Waals surface area contributed by atoms with Gasteiger partial charge in [0.25, 0.3) is 0 Å². The van der Waals surface area contributed by atoms with E-state index in [2.05, 4.69) is 10.9 Å². The maximum atomic E-state index is 11.5. The van der Waals surface area contributed by atoms with E-state index in [1.54, 1.807) is 0 Å². The van der Waals surface area contributed by atoms with Crippen LogP contribution in [0.4, 0.5) is 0 Å². The summed E-state index contributed by atoms with van der Waals surface area (Å²) in [6, 6.07) is 0. The fourth-order valence-corrected chi connectivity index (χ4v) is 3.34. The number of carbonyl (C=O) groups excluding carboxylic acids is 2. The van der Waals surface area contributed by atoms with Crippen LogP contribution < -0.4 is 10.9 Å². The number of nitrogens with one attached hydrogen (secondary N) is 2. The summed E-state index contributed by atoms with van der Waals surface area (Å²) in [4.78, 5) is 23.0. The summed E-state index contributed by atoms with van der Waals surface area (Å²) in [5.41, 5.74) is 4.90. The van der Waals surface area contributed by atoms with E-state index < -0.39 is 0 Å². The molecule has 2 saturated carbocycles. The molecule has 0 aromatic heterocycles. The van der Waals surface area contributed by atoms with Gasteiger partial charge in [-0.2, -0.15) is 0 Å². The van der Waals surface area contributed by atoms with E-state index in [9.17, 15) is 9.59 Å². The number of hydrogen-bond acceptors (Lipinski definition) is 2. The third-order valence-electron chi connectivity index (χ3n) is 3.83. The quantitative estimate of drug-likeness (QED) is 0.543. The van der Waals surface area contributed by atoms with E-state index in [0.717, 1.165) is 19.3 Å². The van der Waals surface area contributed by atoms with Crippen molar-refractivity contribution in [3.8, 4) is 0 Å². The molecule has 2 aliphatic carbocycles. The number of fused-ring (bicyclic) bond motifs is 5. The summed E-state index contributed by atoms with van der Waals surface area (Å²) < 4.78 is 0.